The average Bonchev–Trinajstić information content (AvgIpc) is 2.90. The molecule has 258 valence electrons. The van der Waals surface area contributed by atoms with Gasteiger partial charge in [0.1, 0.15) is 54.9 Å². The van der Waals surface area contributed by atoms with Crippen LogP contribution in [0, 0.1) is 0 Å². The van der Waals surface area contributed by atoms with Crippen LogP contribution in [0.5, 0.6) is 0 Å². The summed E-state index contributed by atoms with van der Waals surface area (Å²) in [5.74, 6) is -1.76. The Labute approximate surface area is 251 Å². The van der Waals surface area contributed by atoms with Gasteiger partial charge in [0, 0.05) is 6.61 Å². The number of hydrogen-bond donors (Lipinski definition) is 8. The van der Waals surface area contributed by atoms with Crippen molar-refractivity contribution in [2.45, 2.75) is 119 Å². The number of rotatable bonds is 12. The molecule has 0 unspecified atom stereocenters. The zero-order valence-corrected chi connectivity index (χ0v) is 24.9. The van der Waals surface area contributed by atoms with Crippen molar-refractivity contribution in [1.82, 2.24) is 0 Å². The summed E-state index contributed by atoms with van der Waals surface area (Å²) < 4.78 is 107. The predicted molar refractivity (Wildman–Crippen MR) is 134 cm³/mol. The highest BCUT2D eigenvalue weighted by Gasteiger charge is 2.56. The number of carbonyl (C=O) groups is 1. The second-order valence-corrected chi connectivity index (χ2v) is 12.3. The van der Waals surface area contributed by atoms with Crippen LogP contribution in [0.2, 0.25) is 0 Å². The summed E-state index contributed by atoms with van der Waals surface area (Å²) >= 11 is 0. The van der Waals surface area contributed by atoms with Gasteiger partial charge in [-0.1, -0.05) is 6.92 Å². The van der Waals surface area contributed by atoms with Crippen molar-refractivity contribution in [2.24, 2.45) is 0 Å². The van der Waals surface area contributed by atoms with E-state index in [4.69, 9.17) is 37.2 Å². The zero-order valence-electron chi connectivity index (χ0n) is 23.3. The molecule has 44 heavy (non-hydrogen) atoms. The third-order valence-electron chi connectivity index (χ3n) is 6.85. The van der Waals surface area contributed by atoms with Crippen molar-refractivity contribution in [3.63, 3.8) is 0 Å². The van der Waals surface area contributed by atoms with Crippen molar-refractivity contribution >= 4 is 26.8 Å². The van der Waals surface area contributed by atoms with Crippen molar-refractivity contribution in [3.05, 3.63) is 0 Å². The molecule has 3 fully saturated rings. The van der Waals surface area contributed by atoms with Gasteiger partial charge in [0.15, 0.2) is 25.0 Å². The first-order chi connectivity index (χ1) is 20.3. The van der Waals surface area contributed by atoms with E-state index >= 15 is 0 Å². The maximum absolute atomic E-state index is 11.8. The highest BCUT2D eigenvalue weighted by Crippen LogP contribution is 2.35. The fourth-order valence-electron chi connectivity index (χ4n) is 4.78. The Morgan fingerprint density at radius 1 is 0.659 bits per heavy atom. The molecule has 8 N–H and O–H groups in total. The van der Waals surface area contributed by atoms with Crippen molar-refractivity contribution < 1.29 is 98.2 Å². The van der Waals surface area contributed by atoms with Crippen LogP contribution in [0.1, 0.15) is 27.2 Å². The van der Waals surface area contributed by atoms with Crippen LogP contribution in [0.4, 0.5) is 0 Å². The Morgan fingerprint density at radius 3 is 1.68 bits per heavy atom. The number of carboxylic acids is 1. The number of aliphatic hydroxyl groups excluding tert-OH is 5. The van der Waals surface area contributed by atoms with Gasteiger partial charge >= 0.3 is 26.8 Å². The minimum absolute atomic E-state index is 0.0338. The Hall–Kier alpha value is -1.23. The van der Waals surface area contributed by atoms with Crippen LogP contribution < -0.4 is 0 Å². The minimum Gasteiger partial charge on any atom is -0.479 e. The highest BCUT2D eigenvalue weighted by molar-refractivity contribution is 7.81. The Morgan fingerprint density at radius 2 is 1.14 bits per heavy atom. The highest BCUT2D eigenvalue weighted by atomic mass is 32.3. The fourth-order valence-corrected chi connectivity index (χ4v) is 5.88. The standard InChI is InChI=1S/C21H36O21S2/c1-4-5-35-21-17(40-20-11(25)8(22)9(23)15(38-20)18(27)28)16(14(7(3)37-21)42-44(32,33)34)39-19-12(26)10(24)13(6(2)36-19)41-43(29,30)31/h6-17,19-26H,4-5H2,1-3H3,(H,27,28)(H,29,30,31)(H,32,33,34)/t6-,7-,8-,9-,10-,11+,12-,13+,14+,15-,16+,17-,19-,20+,21+/m0/s1. The van der Waals surface area contributed by atoms with E-state index in [0.717, 1.165) is 6.92 Å². The first-order valence-corrected chi connectivity index (χ1v) is 15.8. The van der Waals surface area contributed by atoms with Gasteiger partial charge in [-0.25, -0.2) is 13.2 Å². The molecule has 3 aliphatic rings. The summed E-state index contributed by atoms with van der Waals surface area (Å²) in [5, 5.41) is 61.4. The van der Waals surface area contributed by atoms with E-state index in [0.29, 0.717) is 6.42 Å². The van der Waals surface area contributed by atoms with Gasteiger partial charge in [-0.3, -0.25) is 9.11 Å². The summed E-state index contributed by atoms with van der Waals surface area (Å²) in [5.41, 5.74) is 0. The van der Waals surface area contributed by atoms with E-state index in [9.17, 15) is 56.8 Å². The zero-order chi connectivity index (χ0) is 33.3. The quantitative estimate of drug-likeness (QED) is 0.0898. The van der Waals surface area contributed by atoms with Gasteiger partial charge in [0.25, 0.3) is 0 Å². The summed E-state index contributed by atoms with van der Waals surface area (Å²) in [4.78, 5) is 11.6. The molecule has 15 atom stereocenters. The SMILES string of the molecule is CCCO[C@@H]1O[C@@H](C)[C@@H](OS(=O)(=O)O)[C@@H](O[C@@H]2O[C@@H](C)[C@@H](OS(=O)(=O)O)[C@@H](O)[C@@H]2O)[C@@H]1O[C@H]1O[C@H](C(=O)O)[C@@H](O)[C@H](O)[C@H]1O. The lowest BCUT2D eigenvalue weighted by Crippen LogP contribution is -2.67. The molecule has 0 aromatic carbocycles. The molecule has 0 aliphatic carbocycles. The van der Waals surface area contributed by atoms with Crippen molar-refractivity contribution in [1.29, 1.82) is 0 Å². The molecule has 0 saturated carbocycles. The first-order valence-electron chi connectivity index (χ1n) is 13.1. The van der Waals surface area contributed by atoms with Crippen LogP contribution in [0.25, 0.3) is 0 Å². The molecule has 3 aliphatic heterocycles. The summed E-state index contributed by atoms with van der Waals surface area (Å²) in [6.07, 6.45) is -28.2. The Balaban J connectivity index is 2.01. The molecular formula is C21H36O21S2. The van der Waals surface area contributed by atoms with Gasteiger partial charge in [-0.2, -0.15) is 16.8 Å². The topological polar surface area (TPSA) is 321 Å². The monoisotopic (exact) mass is 688 g/mol. The van der Waals surface area contributed by atoms with Crippen molar-refractivity contribution in [3.8, 4) is 0 Å². The molecular weight excluding hydrogens is 652 g/mol. The van der Waals surface area contributed by atoms with Gasteiger partial charge in [0.2, 0.25) is 0 Å². The second kappa shape index (κ2) is 14.7. The molecule has 3 saturated heterocycles. The van der Waals surface area contributed by atoms with Crippen LogP contribution in [0.3, 0.4) is 0 Å². The van der Waals surface area contributed by atoms with Gasteiger partial charge < -0.3 is 59.1 Å². The molecule has 0 radical (unpaired) electrons. The maximum Gasteiger partial charge on any atom is 0.397 e. The van der Waals surface area contributed by atoms with E-state index in [1.807, 2.05) is 0 Å². The predicted octanol–water partition coefficient (Wildman–Crippen LogP) is -4.34. The molecule has 21 nitrogen and oxygen atoms in total. The molecule has 3 rings (SSSR count). The molecule has 0 amide bonds. The number of carboxylic acid groups (broad SMARTS) is 1. The summed E-state index contributed by atoms with van der Waals surface area (Å²) in [7, 11) is -10.4. The largest absolute Gasteiger partial charge is 0.479 e. The average molecular weight is 689 g/mol. The van der Waals surface area contributed by atoms with Crippen LogP contribution in [0.15, 0.2) is 0 Å². The number of ether oxygens (including phenoxy) is 6. The van der Waals surface area contributed by atoms with E-state index in [-0.39, 0.29) is 6.61 Å². The van der Waals surface area contributed by atoms with Crippen LogP contribution in [-0.4, -0.2) is 161 Å². The molecule has 0 bridgehead atoms. The number of aliphatic hydroxyl groups is 5. The lowest BCUT2D eigenvalue weighted by atomic mass is 9.96. The molecule has 0 aromatic heterocycles. The Kier molecular flexibility index (Phi) is 12.4. The van der Waals surface area contributed by atoms with Crippen LogP contribution in [-0.2, 0) is 62.4 Å². The summed E-state index contributed by atoms with van der Waals surface area (Å²) in [6.45, 7) is 4.08. The van der Waals surface area contributed by atoms with Gasteiger partial charge in [-0.05, 0) is 20.3 Å². The Bertz CT molecular complexity index is 1180. The fraction of sp³-hybridized carbons (Fsp3) is 0.952. The van der Waals surface area contributed by atoms with Gasteiger partial charge in [0.05, 0.1) is 12.2 Å². The third kappa shape index (κ3) is 8.97. The van der Waals surface area contributed by atoms with Gasteiger partial charge in [-0.15, -0.1) is 0 Å². The van der Waals surface area contributed by atoms with Crippen LogP contribution >= 0.6 is 0 Å². The molecule has 3 heterocycles. The molecule has 0 spiro atoms. The van der Waals surface area contributed by atoms with E-state index in [1.54, 1.807) is 6.92 Å². The summed E-state index contributed by atoms with van der Waals surface area (Å²) in [6, 6.07) is 0. The van der Waals surface area contributed by atoms with Crippen molar-refractivity contribution in [2.75, 3.05) is 6.61 Å². The second-order valence-electron chi connectivity index (χ2n) is 10.2. The number of aliphatic carboxylic acids is 1. The maximum atomic E-state index is 11.8. The normalized spacial score (nSPS) is 43.9. The molecule has 0 aromatic rings. The van der Waals surface area contributed by atoms with E-state index < -0.39 is 119 Å². The third-order valence-corrected chi connectivity index (χ3v) is 7.78. The first kappa shape index (κ1) is 37.2. The van der Waals surface area contributed by atoms with E-state index in [1.165, 1.54) is 6.92 Å². The molecule has 23 heteroatoms. The minimum atomic E-state index is -5.29. The number of hydrogen-bond acceptors (Lipinski definition) is 18. The lowest BCUT2D eigenvalue weighted by Gasteiger charge is -2.49. The smallest absolute Gasteiger partial charge is 0.397 e. The van der Waals surface area contributed by atoms with E-state index in [2.05, 4.69) is 4.18 Å². The lowest BCUT2D eigenvalue weighted by molar-refractivity contribution is -0.384.